The normalized spacial score (nSPS) is 12.9. The molecular weight excluding hydrogens is 540 g/mol. The van der Waals surface area contributed by atoms with E-state index in [4.69, 9.17) is 23.7 Å². The van der Waals surface area contributed by atoms with Crippen molar-refractivity contribution in [3.63, 3.8) is 0 Å². The Hall–Kier alpha value is -4.30. The van der Waals surface area contributed by atoms with Crippen LogP contribution < -0.4 is 18.9 Å². The average Bonchev–Trinajstić information content (AvgIpc) is 3.39. The van der Waals surface area contributed by atoms with Gasteiger partial charge in [-0.05, 0) is 25.1 Å². The number of nitrogens with zero attached hydrogens (tertiary/aromatic N) is 6. The highest BCUT2D eigenvalue weighted by molar-refractivity contribution is 7.91. The number of benzene rings is 1. The molecular formula is C26H30N6O7S. The molecule has 0 aliphatic heterocycles. The lowest BCUT2D eigenvalue weighted by atomic mass is 10.2. The second kappa shape index (κ2) is 12.3. The van der Waals surface area contributed by atoms with Crippen LogP contribution in [0.15, 0.2) is 48.8 Å². The predicted octanol–water partition coefficient (Wildman–Crippen LogP) is 2.84. The van der Waals surface area contributed by atoms with E-state index in [1.165, 1.54) is 54.9 Å². The molecule has 212 valence electrons. The standard InChI is InChI=1S/C26H30N6O7S/c1-16(24(39-6)25-27-13-17(35-2)14-28-25)40(33,34)15-21-30-31-26(18-9-7-12-22(29-18)38-5)32(21)23-19(36-3)10-8-11-20(23)37-4/h7-14,16,24H,15H2,1-6H3/t16-,24-/m0/s1. The predicted molar refractivity (Wildman–Crippen MR) is 145 cm³/mol. The number of hydrogen-bond acceptors (Lipinski definition) is 12. The second-order valence-electron chi connectivity index (χ2n) is 8.50. The Morgan fingerprint density at radius 3 is 2.08 bits per heavy atom. The molecule has 40 heavy (non-hydrogen) atoms. The Bertz CT molecular complexity index is 1540. The van der Waals surface area contributed by atoms with Crippen LogP contribution in [0.25, 0.3) is 17.2 Å². The van der Waals surface area contributed by atoms with E-state index in [1.807, 2.05) is 0 Å². The number of rotatable bonds is 12. The largest absolute Gasteiger partial charge is 0.494 e. The molecule has 0 aliphatic carbocycles. The molecule has 0 spiro atoms. The molecule has 0 bridgehead atoms. The Morgan fingerprint density at radius 1 is 0.850 bits per heavy atom. The molecule has 3 aromatic heterocycles. The maximum Gasteiger partial charge on any atom is 0.213 e. The first-order valence-electron chi connectivity index (χ1n) is 12.0. The summed E-state index contributed by atoms with van der Waals surface area (Å²) in [6, 6.07) is 10.4. The van der Waals surface area contributed by atoms with Gasteiger partial charge in [0.1, 0.15) is 34.7 Å². The van der Waals surface area contributed by atoms with Gasteiger partial charge in [-0.3, -0.25) is 4.57 Å². The minimum atomic E-state index is -3.93. The quantitative estimate of drug-likeness (QED) is 0.246. The number of hydrogen-bond donors (Lipinski definition) is 0. The molecule has 2 atom stereocenters. The molecule has 13 nitrogen and oxygen atoms in total. The summed E-state index contributed by atoms with van der Waals surface area (Å²) in [6.07, 6.45) is 1.95. The Balaban J connectivity index is 1.83. The zero-order valence-electron chi connectivity index (χ0n) is 22.9. The molecule has 3 heterocycles. The van der Waals surface area contributed by atoms with E-state index in [0.717, 1.165) is 0 Å². The highest BCUT2D eigenvalue weighted by atomic mass is 32.2. The van der Waals surface area contributed by atoms with Gasteiger partial charge in [-0.1, -0.05) is 12.1 Å². The number of methoxy groups -OCH3 is 5. The van der Waals surface area contributed by atoms with Crippen molar-refractivity contribution in [2.24, 2.45) is 0 Å². The minimum Gasteiger partial charge on any atom is -0.494 e. The summed E-state index contributed by atoms with van der Waals surface area (Å²) in [5.74, 6) is 1.70. The molecule has 0 amide bonds. The van der Waals surface area contributed by atoms with Gasteiger partial charge in [-0.25, -0.2) is 23.4 Å². The summed E-state index contributed by atoms with van der Waals surface area (Å²) >= 11 is 0. The van der Waals surface area contributed by atoms with Crippen LogP contribution in [0, 0.1) is 0 Å². The zero-order valence-corrected chi connectivity index (χ0v) is 23.7. The monoisotopic (exact) mass is 570 g/mol. The molecule has 4 aromatic rings. The Morgan fingerprint density at radius 2 is 1.50 bits per heavy atom. The van der Waals surface area contributed by atoms with Crippen LogP contribution >= 0.6 is 0 Å². The van der Waals surface area contributed by atoms with Crippen LogP contribution in [0.2, 0.25) is 0 Å². The van der Waals surface area contributed by atoms with E-state index in [9.17, 15) is 8.42 Å². The molecule has 14 heteroatoms. The van der Waals surface area contributed by atoms with Gasteiger partial charge in [0.25, 0.3) is 0 Å². The van der Waals surface area contributed by atoms with E-state index in [-0.39, 0.29) is 17.5 Å². The van der Waals surface area contributed by atoms with Crippen molar-refractivity contribution >= 4 is 9.84 Å². The van der Waals surface area contributed by atoms with Gasteiger partial charge >= 0.3 is 0 Å². The van der Waals surface area contributed by atoms with Crippen molar-refractivity contribution in [2.45, 2.75) is 24.0 Å². The molecule has 0 fully saturated rings. The molecule has 0 unspecified atom stereocenters. The molecule has 4 rings (SSSR count). The molecule has 1 aromatic carbocycles. The lowest BCUT2D eigenvalue weighted by Gasteiger charge is -2.22. The lowest BCUT2D eigenvalue weighted by molar-refractivity contribution is 0.0946. The van der Waals surface area contributed by atoms with Crippen molar-refractivity contribution in [3.05, 3.63) is 60.4 Å². The van der Waals surface area contributed by atoms with Crippen LogP contribution in [0.4, 0.5) is 0 Å². The first-order valence-corrected chi connectivity index (χ1v) is 13.8. The third-order valence-corrected chi connectivity index (χ3v) is 8.27. The van der Waals surface area contributed by atoms with Gasteiger partial charge in [0.15, 0.2) is 33.1 Å². The second-order valence-corrected chi connectivity index (χ2v) is 10.9. The highest BCUT2D eigenvalue weighted by Crippen LogP contribution is 2.37. The number of ether oxygens (including phenoxy) is 5. The average molecular weight is 571 g/mol. The van der Waals surface area contributed by atoms with Gasteiger partial charge in [0.05, 0.1) is 46.1 Å². The third-order valence-electron chi connectivity index (χ3n) is 6.23. The topological polar surface area (TPSA) is 150 Å². The highest BCUT2D eigenvalue weighted by Gasteiger charge is 2.35. The smallest absolute Gasteiger partial charge is 0.213 e. The fourth-order valence-electron chi connectivity index (χ4n) is 4.10. The number of pyridine rings is 1. The summed E-state index contributed by atoms with van der Waals surface area (Å²) in [6.45, 7) is 1.53. The van der Waals surface area contributed by atoms with Crippen LogP contribution in [-0.2, 0) is 20.3 Å². The molecule has 0 radical (unpaired) electrons. The maximum atomic E-state index is 13.8. The van der Waals surface area contributed by atoms with E-state index in [2.05, 4.69) is 25.1 Å². The molecule has 0 aliphatic rings. The summed E-state index contributed by atoms with van der Waals surface area (Å²) < 4.78 is 56.3. The van der Waals surface area contributed by atoms with Crippen molar-refractivity contribution in [2.75, 3.05) is 35.5 Å². The fourth-order valence-corrected chi connectivity index (χ4v) is 5.52. The minimum absolute atomic E-state index is 0.111. The van der Waals surface area contributed by atoms with Gasteiger partial charge in [0.2, 0.25) is 5.88 Å². The maximum absolute atomic E-state index is 13.8. The summed E-state index contributed by atoms with van der Waals surface area (Å²) in [4.78, 5) is 12.9. The van der Waals surface area contributed by atoms with E-state index >= 15 is 0 Å². The molecule has 0 saturated heterocycles. The van der Waals surface area contributed by atoms with Crippen molar-refractivity contribution in [3.8, 4) is 40.3 Å². The van der Waals surface area contributed by atoms with Gasteiger partial charge < -0.3 is 23.7 Å². The van der Waals surface area contributed by atoms with Crippen LogP contribution in [0.3, 0.4) is 0 Å². The number of para-hydroxylation sites is 1. The van der Waals surface area contributed by atoms with Crippen molar-refractivity contribution in [1.82, 2.24) is 29.7 Å². The van der Waals surface area contributed by atoms with Crippen LogP contribution in [0.5, 0.6) is 23.1 Å². The van der Waals surface area contributed by atoms with Gasteiger partial charge in [0, 0.05) is 13.2 Å². The van der Waals surface area contributed by atoms with Crippen LogP contribution in [0.1, 0.15) is 24.7 Å². The molecule has 0 saturated carbocycles. The number of sulfone groups is 1. The first-order chi connectivity index (χ1) is 19.3. The van der Waals surface area contributed by atoms with Gasteiger partial charge in [-0.15, -0.1) is 10.2 Å². The molecule has 0 N–H and O–H groups in total. The van der Waals surface area contributed by atoms with Gasteiger partial charge in [-0.2, -0.15) is 0 Å². The van der Waals surface area contributed by atoms with E-state index in [1.54, 1.807) is 41.0 Å². The Labute approximate surface area is 232 Å². The zero-order chi connectivity index (χ0) is 28.9. The lowest BCUT2D eigenvalue weighted by Crippen LogP contribution is -2.30. The first kappa shape index (κ1) is 28.7. The number of aromatic nitrogens is 6. The van der Waals surface area contributed by atoms with E-state index in [0.29, 0.717) is 34.5 Å². The third kappa shape index (κ3) is 5.67. The SMILES string of the molecule is COc1cnc([C@@H](OC)[C@H](C)S(=O)(=O)Cc2nnc(-c3cccc(OC)n3)n2-c2c(OC)cccc2OC)nc1. The van der Waals surface area contributed by atoms with Crippen molar-refractivity contribution in [1.29, 1.82) is 0 Å². The summed E-state index contributed by atoms with van der Waals surface area (Å²) in [7, 11) is 3.47. The van der Waals surface area contributed by atoms with Crippen LogP contribution in [-0.4, -0.2) is 78.9 Å². The van der Waals surface area contributed by atoms with E-state index < -0.39 is 26.9 Å². The fraction of sp³-hybridized carbons (Fsp3) is 0.346. The summed E-state index contributed by atoms with van der Waals surface area (Å²) in [5, 5.41) is 7.55. The summed E-state index contributed by atoms with van der Waals surface area (Å²) in [5.41, 5.74) is 0.814. The Kier molecular flexibility index (Phi) is 8.80. The van der Waals surface area contributed by atoms with Crippen molar-refractivity contribution < 1.29 is 32.1 Å².